The molecule has 126 valence electrons. The van der Waals surface area contributed by atoms with Crippen molar-refractivity contribution in [3.8, 4) is 0 Å². The molecule has 0 radical (unpaired) electrons. The largest absolute Gasteiger partial charge is 0.353 e. The molecule has 24 heavy (non-hydrogen) atoms. The Labute approximate surface area is 144 Å². The van der Waals surface area contributed by atoms with Gasteiger partial charge in [0.25, 0.3) is 0 Å². The number of hydrogen-bond acceptors (Lipinski definition) is 4. The zero-order valence-corrected chi connectivity index (χ0v) is 14.8. The van der Waals surface area contributed by atoms with Crippen LogP contribution in [0, 0.1) is 13.8 Å². The first kappa shape index (κ1) is 16.6. The van der Waals surface area contributed by atoms with E-state index in [-0.39, 0.29) is 11.9 Å². The number of aromatic amines is 2. The molecule has 0 aliphatic heterocycles. The number of benzene rings is 1. The zero-order valence-electron chi connectivity index (χ0n) is 14.0. The van der Waals surface area contributed by atoms with Gasteiger partial charge in [0.1, 0.15) is 0 Å². The van der Waals surface area contributed by atoms with E-state index in [1.54, 1.807) is 0 Å². The number of thioether (sulfide) groups is 1. The number of H-pyrrole nitrogens is 2. The van der Waals surface area contributed by atoms with Gasteiger partial charge in [0, 0.05) is 18.2 Å². The van der Waals surface area contributed by atoms with Crippen LogP contribution < -0.4 is 5.32 Å². The predicted molar refractivity (Wildman–Crippen MR) is 96.2 cm³/mol. The molecule has 0 aliphatic carbocycles. The molecular weight excluding hydrogens is 322 g/mol. The minimum absolute atomic E-state index is 0.00334. The summed E-state index contributed by atoms with van der Waals surface area (Å²) < 4.78 is 0. The van der Waals surface area contributed by atoms with Crippen molar-refractivity contribution in [1.29, 1.82) is 0 Å². The smallest absolute Gasteiger partial charge is 0.230 e. The number of amides is 1. The highest BCUT2D eigenvalue weighted by Crippen LogP contribution is 2.20. The normalized spacial score (nSPS) is 12.5. The van der Waals surface area contributed by atoms with Crippen molar-refractivity contribution in [1.82, 2.24) is 25.5 Å². The summed E-state index contributed by atoms with van der Waals surface area (Å²) in [6, 6.07) is 8.11. The number of aryl methyl sites for hydroxylation is 2. The van der Waals surface area contributed by atoms with Crippen LogP contribution in [0.3, 0.4) is 0 Å². The number of hydrogen-bond donors (Lipinski definition) is 3. The van der Waals surface area contributed by atoms with Gasteiger partial charge in [-0.15, -0.1) is 0 Å². The molecule has 0 unspecified atom stereocenters. The van der Waals surface area contributed by atoms with Crippen molar-refractivity contribution in [2.45, 2.75) is 38.4 Å². The summed E-state index contributed by atoms with van der Waals surface area (Å²) in [4.78, 5) is 19.8. The van der Waals surface area contributed by atoms with Crippen LogP contribution in [0.5, 0.6) is 0 Å². The molecule has 3 aromatic rings. The standard InChI is InChI=1S/C17H21N5OS/c1-10-4-5-14-15(6-10)20-17(19-14)24-9-16(23)18-11(2)7-13-8-12(3)21-22-13/h4-6,8,11H,7,9H2,1-3H3,(H,18,23)(H,19,20)(H,21,22)/t11-/m0/s1. The first-order chi connectivity index (χ1) is 11.5. The van der Waals surface area contributed by atoms with Gasteiger partial charge in [-0.05, 0) is 44.5 Å². The third-order valence-electron chi connectivity index (χ3n) is 3.64. The highest BCUT2D eigenvalue weighted by atomic mass is 32.2. The molecule has 0 aliphatic rings. The molecule has 1 atom stereocenters. The fourth-order valence-electron chi connectivity index (χ4n) is 2.56. The van der Waals surface area contributed by atoms with E-state index in [0.717, 1.165) is 27.6 Å². The second kappa shape index (κ2) is 7.09. The maximum atomic E-state index is 12.1. The first-order valence-electron chi connectivity index (χ1n) is 7.89. The Morgan fingerprint density at radius 1 is 1.33 bits per heavy atom. The molecule has 1 aromatic carbocycles. The Morgan fingerprint density at radius 2 is 2.17 bits per heavy atom. The van der Waals surface area contributed by atoms with E-state index in [9.17, 15) is 4.79 Å². The molecule has 2 aromatic heterocycles. The van der Waals surface area contributed by atoms with Crippen LogP contribution in [0.25, 0.3) is 11.0 Å². The number of nitrogens with zero attached hydrogens (tertiary/aromatic N) is 2. The van der Waals surface area contributed by atoms with Crippen molar-refractivity contribution in [2.24, 2.45) is 0 Å². The summed E-state index contributed by atoms with van der Waals surface area (Å²) in [6.45, 7) is 5.99. The Balaban J connectivity index is 1.50. The molecule has 0 bridgehead atoms. The third kappa shape index (κ3) is 4.17. The summed E-state index contributed by atoms with van der Waals surface area (Å²) in [6.07, 6.45) is 0.713. The molecule has 0 fully saturated rings. The van der Waals surface area contributed by atoms with Gasteiger partial charge < -0.3 is 10.3 Å². The number of aromatic nitrogens is 4. The van der Waals surface area contributed by atoms with Crippen LogP contribution in [0.15, 0.2) is 29.4 Å². The molecule has 3 rings (SSSR count). The minimum atomic E-state index is -0.00334. The van der Waals surface area contributed by atoms with Gasteiger partial charge in [-0.2, -0.15) is 5.10 Å². The van der Waals surface area contributed by atoms with Crippen LogP contribution in [-0.4, -0.2) is 37.9 Å². The van der Waals surface area contributed by atoms with Crippen molar-refractivity contribution >= 4 is 28.7 Å². The topological polar surface area (TPSA) is 86.5 Å². The number of imidazole rings is 1. The van der Waals surface area contributed by atoms with Crippen LogP contribution in [-0.2, 0) is 11.2 Å². The van der Waals surface area contributed by atoms with Gasteiger partial charge in [0.05, 0.1) is 22.5 Å². The zero-order chi connectivity index (χ0) is 17.1. The fraction of sp³-hybridized carbons (Fsp3) is 0.353. The van der Waals surface area contributed by atoms with E-state index in [2.05, 4.69) is 31.5 Å². The van der Waals surface area contributed by atoms with Crippen LogP contribution >= 0.6 is 11.8 Å². The molecule has 1 amide bonds. The van der Waals surface area contributed by atoms with Gasteiger partial charge >= 0.3 is 0 Å². The number of nitrogens with one attached hydrogen (secondary N) is 3. The fourth-order valence-corrected chi connectivity index (χ4v) is 3.26. The molecule has 3 N–H and O–H groups in total. The Morgan fingerprint density at radius 3 is 2.92 bits per heavy atom. The average Bonchev–Trinajstić information content (AvgIpc) is 3.10. The lowest BCUT2D eigenvalue weighted by Crippen LogP contribution is -2.35. The van der Waals surface area contributed by atoms with Gasteiger partial charge in [0.2, 0.25) is 5.91 Å². The van der Waals surface area contributed by atoms with Crippen LogP contribution in [0.4, 0.5) is 0 Å². The van der Waals surface area contributed by atoms with Crippen LogP contribution in [0.1, 0.15) is 23.9 Å². The van der Waals surface area contributed by atoms with E-state index in [4.69, 9.17) is 0 Å². The van der Waals surface area contributed by atoms with Gasteiger partial charge in [-0.3, -0.25) is 9.89 Å². The lowest BCUT2D eigenvalue weighted by Gasteiger charge is -2.11. The number of rotatable bonds is 6. The quantitative estimate of drug-likeness (QED) is 0.601. The van der Waals surface area contributed by atoms with E-state index in [0.29, 0.717) is 12.2 Å². The Hall–Kier alpha value is -2.28. The monoisotopic (exact) mass is 343 g/mol. The van der Waals surface area contributed by atoms with Gasteiger partial charge in [-0.1, -0.05) is 17.8 Å². The summed E-state index contributed by atoms with van der Waals surface area (Å²) in [5.74, 6) is 0.333. The highest BCUT2D eigenvalue weighted by Gasteiger charge is 2.11. The first-order valence-corrected chi connectivity index (χ1v) is 8.87. The van der Waals surface area contributed by atoms with Crippen molar-refractivity contribution in [3.63, 3.8) is 0 Å². The Bertz CT molecular complexity index is 854. The molecule has 0 spiro atoms. The number of carbonyl (C=O) groups is 1. The SMILES string of the molecule is Cc1ccc2nc(SCC(=O)N[C@@H](C)Cc3cc(C)[nH]n3)[nH]c2c1. The number of fused-ring (bicyclic) bond motifs is 1. The molecule has 0 saturated carbocycles. The van der Waals surface area contributed by atoms with E-state index in [1.807, 2.05) is 39.0 Å². The van der Waals surface area contributed by atoms with Crippen LogP contribution in [0.2, 0.25) is 0 Å². The van der Waals surface area contributed by atoms with E-state index >= 15 is 0 Å². The average molecular weight is 343 g/mol. The lowest BCUT2D eigenvalue weighted by molar-refractivity contribution is -0.119. The summed E-state index contributed by atoms with van der Waals surface area (Å²) in [7, 11) is 0. The molecule has 0 saturated heterocycles. The Kier molecular flexibility index (Phi) is 4.89. The summed E-state index contributed by atoms with van der Waals surface area (Å²) in [5, 5.41) is 10.9. The predicted octanol–water partition coefficient (Wildman–Crippen LogP) is 2.74. The highest BCUT2D eigenvalue weighted by molar-refractivity contribution is 7.99. The van der Waals surface area contributed by atoms with E-state index < -0.39 is 0 Å². The molecular formula is C17H21N5OS. The summed E-state index contributed by atoms with van der Waals surface area (Å²) in [5.41, 5.74) is 5.09. The molecule has 6 nitrogen and oxygen atoms in total. The third-order valence-corrected chi connectivity index (χ3v) is 4.51. The van der Waals surface area contributed by atoms with Gasteiger partial charge in [-0.25, -0.2) is 4.98 Å². The maximum Gasteiger partial charge on any atom is 0.230 e. The van der Waals surface area contributed by atoms with Crippen molar-refractivity contribution < 1.29 is 4.79 Å². The van der Waals surface area contributed by atoms with Crippen molar-refractivity contribution in [3.05, 3.63) is 41.2 Å². The molecule has 2 heterocycles. The van der Waals surface area contributed by atoms with E-state index in [1.165, 1.54) is 17.3 Å². The lowest BCUT2D eigenvalue weighted by atomic mass is 10.2. The maximum absolute atomic E-state index is 12.1. The number of carbonyl (C=O) groups excluding carboxylic acids is 1. The van der Waals surface area contributed by atoms with Gasteiger partial charge in [0.15, 0.2) is 5.16 Å². The van der Waals surface area contributed by atoms with Crippen molar-refractivity contribution in [2.75, 3.05) is 5.75 Å². The molecule has 7 heteroatoms. The second-order valence-corrected chi connectivity index (χ2v) is 7.03. The minimum Gasteiger partial charge on any atom is -0.353 e. The second-order valence-electron chi connectivity index (χ2n) is 6.07. The summed E-state index contributed by atoms with van der Waals surface area (Å²) >= 11 is 1.41.